The molecule has 0 atom stereocenters. The van der Waals surface area contributed by atoms with Gasteiger partial charge in [-0.05, 0) is 29.3 Å². The molecule has 0 bridgehead atoms. The molecule has 0 saturated heterocycles. The van der Waals surface area contributed by atoms with Crippen LogP contribution in [0.3, 0.4) is 0 Å². The van der Waals surface area contributed by atoms with Crippen LogP contribution in [0.15, 0.2) is 57.9 Å². The molecule has 0 aliphatic heterocycles. The molecule has 136 valence electrons. The van der Waals surface area contributed by atoms with Gasteiger partial charge < -0.3 is 4.74 Å². The van der Waals surface area contributed by atoms with Crippen LogP contribution in [0.1, 0.15) is 11.1 Å². The number of sulfonamides is 1. The van der Waals surface area contributed by atoms with Crippen molar-refractivity contribution < 1.29 is 26.3 Å². The Morgan fingerprint density at radius 3 is 2.28 bits per heavy atom. The van der Waals surface area contributed by atoms with Gasteiger partial charge in [-0.1, -0.05) is 46.3 Å². The Balaban J connectivity index is 1.91. The van der Waals surface area contributed by atoms with Gasteiger partial charge in [-0.3, -0.25) is 0 Å². The Hall–Kier alpha value is -1.42. The van der Waals surface area contributed by atoms with Crippen LogP contribution in [0, 0.1) is 0 Å². The van der Waals surface area contributed by atoms with Crippen LogP contribution in [0.5, 0.6) is 0 Å². The SMILES string of the molecule is O=S(=O)(NCc1ccc(COCC(F)(F)F)cc1)c1cccc(Br)c1. The molecule has 0 unspecified atom stereocenters. The lowest BCUT2D eigenvalue weighted by Gasteiger charge is -2.09. The van der Waals surface area contributed by atoms with E-state index in [1.54, 1.807) is 36.4 Å². The number of alkyl halides is 3. The normalized spacial score (nSPS) is 12.3. The molecule has 0 heterocycles. The zero-order valence-electron chi connectivity index (χ0n) is 12.9. The van der Waals surface area contributed by atoms with E-state index in [4.69, 9.17) is 0 Å². The third-order valence-corrected chi connectivity index (χ3v) is 5.02. The van der Waals surface area contributed by atoms with Crippen LogP contribution in [0.4, 0.5) is 13.2 Å². The van der Waals surface area contributed by atoms with E-state index in [2.05, 4.69) is 25.4 Å². The summed E-state index contributed by atoms with van der Waals surface area (Å²) < 4.78 is 68.1. The highest BCUT2D eigenvalue weighted by atomic mass is 79.9. The minimum Gasteiger partial charge on any atom is -0.367 e. The molecule has 0 amide bonds. The van der Waals surface area contributed by atoms with Crippen molar-refractivity contribution in [2.24, 2.45) is 0 Å². The Kier molecular flexibility index (Phi) is 6.61. The summed E-state index contributed by atoms with van der Waals surface area (Å²) >= 11 is 3.22. The maximum atomic E-state index is 12.2. The van der Waals surface area contributed by atoms with Crippen LogP contribution < -0.4 is 4.72 Å². The fourth-order valence-electron chi connectivity index (χ4n) is 1.93. The maximum Gasteiger partial charge on any atom is 0.411 e. The second-order valence-electron chi connectivity index (χ2n) is 5.21. The fraction of sp³-hybridized carbons (Fsp3) is 0.250. The molecule has 0 aliphatic carbocycles. The minimum absolute atomic E-state index is 0.0680. The number of ether oxygens (including phenoxy) is 1. The van der Waals surface area contributed by atoms with E-state index in [-0.39, 0.29) is 18.0 Å². The van der Waals surface area contributed by atoms with Crippen molar-refractivity contribution in [2.75, 3.05) is 6.61 Å². The van der Waals surface area contributed by atoms with Gasteiger partial charge >= 0.3 is 6.18 Å². The first-order valence-electron chi connectivity index (χ1n) is 7.13. The minimum atomic E-state index is -4.36. The van der Waals surface area contributed by atoms with E-state index >= 15 is 0 Å². The second-order valence-corrected chi connectivity index (χ2v) is 7.89. The van der Waals surface area contributed by atoms with E-state index in [0.29, 0.717) is 15.6 Å². The molecule has 0 aromatic heterocycles. The average Bonchev–Trinajstić information content (AvgIpc) is 2.53. The maximum absolute atomic E-state index is 12.2. The first-order valence-corrected chi connectivity index (χ1v) is 9.41. The number of nitrogens with one attached hydrogen (secondary N) is 1. The van der Waals surface area contributed by atoms with Gasteiger partial charge in [-0.15, -0.1) is 0 Å². The van der Waals surface area contributed by atoms with Crippen LogP contribution in [-0.4, -0.2) is 21.2 Å². The highest BCUT2D eigenvalue weighted by Crippen LogP contribution is 2.17. The molecule has 0 aliphatic rings. The van der Waals surface area contributed by atoms with Crippen LogP contribution in [0.25, 0.3) is 0 Å². The average molecular weight is 438 g/mol. The summed E-state index contributed by atoms with van der Waals surface area (Å²) in [6, 6.07) is 12.8. The summed E-state index contributed by atoms with van der Waals surface area (Å²) in [4.78, 5) is 0.138. The van der Waals surface area contributed by atoms with Crippen molar-refractivity contribution >= 4 is 26.0 Å². The van der Waals surface area contributed by atoms with Crippen molar-refractivity contribution in [1.82, 2.24) is 4.72 Å². The number of halogens is 4. The lowest BCUT2D eigenvalue weighted by molar-refractivity contribution is -0.176. The Bertz CT molecular complexity index is 808. The van der Waals surface area contributed by atoms with Gasteiger partial charge in [0.25, 0.3) is 0 Å². The van der Waals surface area contributed by atoms with E-state index in [9.17, 15) is 21.6 Å². The number of rotatable bonds is 7. The molecule has 2 rings (SSSR count). The number of hydrogen-bond acceptors (Lipinski definition) is 3. The Morgan fingerprint density at radius 2 is 1.68 bits per heavy atom. The van der Waals surface area contributed by atoms with E-state index in [1.165, 1.54) is 12.1 Å². The molecule has 9 heteroatoms. The monoisotopic (exact) mass is 437 g/mol. The predicted octanol–water partition coefficient (Wildman–Crippen LogP) is 4.01. The van der Waals surface area contributed by atoms with Crippen LogP contribution >= 0.6 is 15.9 Å². The summed E-state index contributed by atoms with van der Waals surface area (Å²) in [6.07, 6.45) is -4.36. The van der Waals surface area contributed by atoms with Gasteiger partial charge in [-0.25, -0.2) is 13.1 Å². The first kappa shape index (κ1) is 19.9. The standard InChI is InChI=1S/C16H15BrF3NO3S/c17-14-2-1-3-15(8-14)25(22,23)21-9-12-4-6-13(7-5-12)10-24-11-16(18,19)20/h1-8,21H,9-11H2. The van der Waals surface area contributed by atoms with Crippen molar-refractivity contribution in [3.8, 4) is 0 Å². The molecular weight excluding hydrogens is 423 g/mol. The Morgan fingerprint density at radius 1 is 1.04 bits per heavy atom. The summed E-state index contributed by atoms with van der Waals surface area (Å²) in [5.41, 5.74) is 1.25. The van der Waals surface area contributed by atoms with Gasteiger partial charge in [0.1, 0.15) is 6.61 Å². The lowest BCUT2D eigenvalue weighted by atomic mass is 10.1. The second kappa shape index (κ2) is 8.31. The van der Waals surface area contributed by atoms with E-state index < -0.39 is 22.8 Å². The smallest absolute Gasteiger partial charge is 0.367 e. The Labute approximate surface area is 152 Å². The highest BCUT2D eigenvalue weighted by molar-refractivity contribution is 9.10. The summed E-state index contributed by atoms with van der Waals surface area (Å²) in [6.45, 7) is -1.40. The molecule has 2 aromatic rings. The van der Waals surface area contributed by atoms with Crippen LogP contribution in [0.2, 0.25) is 0 Å². The van der Waals surface area contributed by atoms with Crippen LogP contribution in [-0.2, 0) is 27.9 Å². The topological polar surface area (TPSA) is 55.4 Å². The van der Waals surface area contributed by atoms with Gasteiger partial charge in [-0.2, -0.15) is 13.2 Å². The molecule has 2 aromatic carbocycles. The van der Waals surface area contributed by atoms with Crippen molar-refractivity contribution in [3.05, 3.63) is 64.1 Å². The molecule has 0 saturated carbocycles. The zero-order chi connectivity index (χ0) is 18.5. The molecular formula is C16H15BrF3NO3S. The third-order valence-electron chi connectivity index (χ3n) is 3.13. The molecule has 25 heavy (non-hydrogen) atoms. The molecule has 0 spiro atoms. The molecule has 4 nitrogen and oxygen atoms in total. The summed E-state index contributed by atoms with van der Waals surface area (Å²) in [5.74, 6) is 0. The molecule has 0 fully saturated rings. The van der Waals surface area contributed by atoms with Crippen molar-refractivity contribution in [1.29, 1.82) is 0 Å². The van der Waals surface area contributed by atoms with Gasteiger partial charge in [0.05, 0.1) is 11.5 Å². The highest BCUT2D eigenvalue weighted by Gasteiger charge is 2.27. The summed E-state index contributed by atoms with van der Waals surface area (Å²) in [5, 5.41) is 0. The number of hydrogen-bond donors (Lipinski definition) is 1. The summed E-state index contributed by atoms with van der Waals surface area (Å²) in [7, 11) is -3.65. The molecule has 0 radical (unpaired) electrons. The third kappa shape index (κ3) is 6.77. The van der Waals surface area contributed by atoms with Crippen molar-refractivity contribution in [3.63, 3.8) is 0 Å². The van der Waals surface area contributed by atoms with Gasteiger partial charge in [0.2, 0.25) is 10.0 Å². The quantitative estimate of drug-likeness (QED) is 0.711. The van der Waals surface area contributed by atoms with E-state index in [0.717, 1.165) is 0 Å². The van der Waals surface area contributed by atoms with Gasteiger partial charge in [0, 0.05) is 11.0 Å². The van der Waals surface area contributed by atoms with Gasteiger partial charge in [0.15, 0.2) is 0 Å². The predicted molar refractivity (Wildman–Crippen MR) is 90.3 cm³/mol. The first-order chi connectivity index (χ1) is 11.7. The lowest BCUT2D eigenvalue weighted by Crippen LogP contribution is -2.23. The van der Waals surface area contributed by atoms with Crippen molar-refractivity contribution in [2.45, 2.75) is 24.2 Å². The molecule has 1 N–H and O–H groups in total. The largest absolute Gasteiger partial charge is 0.411 e. The number of benzene rings is 2. The van der Waals surface area contributed by atoms with E-state index in [1.807, 2.05) is 0 Å². The zero-order valence-corrected chi connectivity index (χ0v) is 15.3. The fourth-order valence-corrected chi connectivity index (χ4v) is 3.55.